The Morgan fingerprint density at radius 2 is 1.57 bits per heavy atom. The van der Waals surface area contributed by atoms with E-state index in [2.05, 4.69) is 0 Å². The lowest BCUT2D eigenvalue weighted by Crippen LogP contribution is -1.55. The van der Waals surface area contributed by atoms with Crippen molar-refractivity contribution in [3.63, 3.8) is 0 Å². The molecule has 0 aliphatic rings. The molecule has 42 valence electrons. The van der Waals surface area contributed by atoms with E-state index in [1.807, 2.05) is 0 Å². The van der Waals surface area contributed by atoms with Crippen LogP contribution in [0.2, 0.25) is 0 Å². The zero-order valence-corrected chi connectivity index (χ0v) is 5.31. The fourth-order valence-electron chi connectivity index (χ4n) is 0.0227. The van der Waals surface area contributed by atoms with E-state index >= 15 is 0 Å². The smallest absolute Gasteiger partial charge is 0.197 e. The molecule has 7 heteroatoms. The summed E-state index contributed by atoms with van der Waals surface area (Å²) in [4.78, 5) is 0. The molecule has 0 heterocycles. The molecule has 0 rings (SSSR count). The topological polar surface area (TPSA) is 68.3 Å². The van der Waals surface area contributed by atoms with Crippen LogP contribution in [0, 0.1) is 0 Å². The zero-order chi connectivity index (χ0) is 5.86. The van der Waals surface area contributed by atoms with Crippen molar-refractivity contribution in [2.45, 2.75) is 0 Å². The highest BCUT2D eigenvalue weighted by molar-refractivity contribution is 8.45. The van der Waals surface area contributed by atoms with Crippen molar-refractivity contribution in [1.82, 2.24) is 0 Å². The first-order chi connectivity index (χ1) is 3.18. The van der Waals surface area contributed by atoms with Crippen LogP contribution in [0.3, 0.4) is 0 Å². The summed E-state index contributed by atoms with van der Waals surface area (Å²) in [7, 11) is -5.50. The molecule has 0 saturated carbocycles. The van der Waals surface area contributed by atoms with Crippen LogP contribution in [-0.2, 0) is 27.4 Å². The lowest BCUT2D eigenvalue weighted by atomic mass is 15.9. The van der Waals surface area contributed by atoms with Crippen LogP contribution >= 0.6 is 0 Å². The molecule has 0 aromatic heterocycles. The van der Waals surface area contributed by atoms with Crippen molar-refractivity contribution >= 4 is 27.4 Å². The molecule has 7 heavy (non-hydrogen) atoms. The Morgan fingerprint density at radius 3 is 1.57 bits per heavy atom. The Morgan fingerprint density at radius 1 is 1.14 bits per heavy atom. The largest absolute Gasteiger partial charge is 0.311 e. The van der Waals surface area contributed by atoms with Crippen LogP contribution in [-0.4, -0.2) is 16.8 Å². The molecule has 0 aromatic rings. The minimum atomic E-state index is -2.74. The Labute approximate surface area is 44.7 Å². The average Bonchev–Trinajstić information content (AvgIpc) is 1.65. The molecule has 0 bridgehead atoms. The molecule has 0 radical (unpaired) electrons. The molecule has 0 spiro atoms. The number of hydrogen-bond acceptors (Lipinski definition) is 4. The molecule has 0 aromatic carbocycles. The summed E-state index contributed by atoms with van der Waals surface area (Å²) >= 11 is 0. The summed E-state index contributed by atoms with van der Waals surface area (Å²) in [5.41, 5.74) is 0. The van der Waals surface area contributed by atoms with Crippen LogP contribution in [0.25, 0.3) is 0 Å². The lowest BCUT2D eigenvalue weighted by molar-refractivity contribution is 0.626. The summed E-state index contributed by atoms with van der Waals surface area (Å²) in [6.45, 7) is 0. The summed E-state index contributed by atoms with van der Waals surface area (Å²) in [5, 5.41) is 0. The van der Waals surface area contributed by atoms with Crippen LogP contribution in [0.1, 0.15) is 0 Å². The minimum absolute atomic E-state index is 0.458. The van der Waals surface area contributed by atoms with Gasteiger partial charge in [-0.3, -0.25) is 0 Å². The van der Waals surface area contributed by atoms with Gasteiger partial charge in [0.25, 0.3) is 0 Å². The number of hydrogen-bond donors (Lipinski definition) is 0. The van der Waals surface area contributed by atoms with Gasteiger partial charge in [0.15, 0.2) is 10.2 Å². The highest BCUT2D eigenvalue weighted by Crippen LogP contribution is 1.38. The Balaban J connectivity index is 6.29. The van der Waals surface area contributed by atoms with E-state index in [1.165, 1.54) is 0 Å². The quantitative estimate of drug-likeness (QED) is 0.439. The third-order valence-electron chi connectivity index (χ3n) is 0.167. The molecule has 0 atom stereocenters. The van der Waals surface area contributed by atoms with Crippen LogP contribution in [0.15, 0.2) is 0 Å². The van der Waals surface area contributed by atoms with Crippen LogP contribution in [0.5, 0.6) is 0 Å². The van der Waals surface area contributed by atoms with Gasteiger partial charge in [0.2, 0.25) is 7.92 Å². The van der Waals surface area contributed by atoms with E-state index < -0.39 is 27.4 Å². The van der Waals surface area contributed by atoms with Crippen molar-refractivity contribution < 1.29 is 16.8 Å². The maximum absolute atomic E-state index is 9.66. The van der Waals surface area contributed by atoms with Gasteiger partial charge in [-0.1, -0.05) is 0 Å². The van der Waals surface area contributed by atoms with Gasteiger partial charge in [-0.2, -0.15) is 16.8 Å². The molecule has 0 unspecified atom stereocenters. The predicted octanol–water partition coefficient (Wildman–Crippen LogP) is -1.34. The first kappa shape index (κ1) is 6.86. The average molecular weight is 160 g/mol. The molecule has 0 N–H and O–H groups in total. The first-order valence-electron chi connectivity index (χ1n) is 1.00. The van der Waals surface area contributed by atoms with E-state index in [9.17, 15) is 16.8 Å². The summed E-state index contributed by atoms with van der Waals surface area (Å²) in [6.07, 6.45) is 0. The highest BCUT2D eigenvalue weighted by atomic mass is 33.1. The van der Waals surface area contributed by atoms with Crippen LogP contribution in [0.4, 0.5) is 0 Å². The van der Waals surface area contributed by atoms with Crippen molar-refractivity contribution in [3.05, 3.63) is 0 Å². The van der Waals surface area contributed by atoms with Gasteiger partial charge in [-0.15, -0.1) is 0 Å². The number of rotatable bonds is 0. The fraction of sp³-hybridized carbons (Fsp3) is 0. The SMILES string of the molecule is O=S=S(=O)=S(=O)=O. The molecular formula is O4S3. The van der Waals surface area contributed by atoms with E-state index in [0.717, 1.165) is 0 Å². The van der Waals surface area contributed by atoms with Crippen molar-refractivity contribution in [2.24, 2.45) is 0 Å². The second kappa shape index (κ2) is 2.94. The van der Waals surface area contributed by atoms with Gasteiger partial charge in [-0.25, -0.2) is 0 Å². The Kier molecular flexibility index (Phi) is 2.88. The molecule has 0 amide bonds. The normalized spacial score (nSPS) is 7.43. The van der Waals surface area contributed by atoms with Gasteiger partial charge in [-0.05, 0) is 0 Å². The van der Waals surface area contributed by atoms with Gasteiger partial charge >= 0.3 is 9.26 Å². The second-order valence-corrected chi connectivity index (χ2v) is 5.10. The minimum Gasteiger partial charge on any atom is -0.197 e. The Hall–Kier alpha value is -0.140. The molecule has 0 aliphatic carbocycles. The van der Waals surface area contributed by atoms with E-state index in [0.29, 0.717) is 0 Å². The fourth-order valence-corrected chi connectivity index (χ4v) is 0.612. The zero-order valence-electron chi connectivity index (χ0n) is 2.86. The standard InChI is InChI=1S/O4S3/c1-5-7(4)6(2)3. The lowest BCUT2D eigenvalue weighted by Gasteiger charge is -1.33. The Bertz CT molecular complexity index is 287. The maximum atomic E-state index is 9.66. The second-order valence-electron chi connectivity index (χ2n) is 0.476. The summed E-state index contributed by atoms with van der Waals surface area (Å²) in [5.74, 6) is 0. The molecule has 4 nitrogen and oxygen atoms in total. The van der Waals surface area contributed by atoms with Gasteiger partial charge in [0.1, 0.15) is 0 Å². The van der Waals surface area contributed by atoms with E-state index in [4.69, 9.17) is 0 Å². The van der Waals surface area contributed by atoms with E-state index in [-0.39, 0.29) is 0 Å². The van der Waals surface area contributed by atoms with Gasteiger partial charge in [0, 0.05) is 0 Å². The predicted molar refractivity (Wildman–Crippen MR) is 25.2 cm³/mol. The maximum Gasteiger partial charge on any atom is 0.311 e. The molecule has 0 aliphatic heterocycles. The van der Waals surface area contributed by atoms with Gasteiger partial charge < -0.3 is 0 Å². The first-order valence-corrected chi connectivity index (χ1v) is 5.00. The summed E-state index contributed by atoms with van der Waals surface area (Å²) < 4.78 is 37.8. The van der Waals surface area contributed by atoms with Crippen molar-refractivity contribution in [3.8, 4) is 0 Å². The molecular weight excluding hydrogens is 160 g/mol. The molecule has 0 saturated heterocycles. The monoisotopic (exact) mass is 160 g/mol. The van der Waals surface area contributed by atoms with Crippen molar-refractivity contribution in [2.75, 3.05) is 0 Å². The third-order valence-corrected chi connectivity index (χ3v) is 3.00. The van der Waals surface area contributed by atoms with Crippen molar-refractivity contribution in [1.29, 1.82) is 0 Å². The van der Waals surface area contributed by atoms with Crippen LogP contribution < -0.4 is 0 Å². The van der Waals surface area contributed by atoms with Gasteiger partial charge in [0.05, 0.1) is 0 Å². The third kappa shape index (κ3) is 2.54. The highest BCUT2D eigenvalue weighted by Gasteiger charge is 1.62. The summed E-state index contributed by atoms with van der Waals surface area (Å²) in [6, 6.07) is 0. The molecule has 0 fully saturated rings. The van der Waals surface area contributed by atoms with E-state index in [1.54, 1.807) is 0 Å².